The van der Waals surface area contributed by atoms with E-state index in [0.29, 0.717) is 16.6 Å². The summed E-state index contributed by atoms with van der Waals surface area (Å²) in [6, 6.07) is 2.24. The van der Waals surface area contributed by atoms with Gasteiger partial charge in [-0.3, -0.25) is 4.79 Å². The lowest BCUT2D eigenvalue weighted by Gasteiger charge is -2.14. The Balaban J connectivity index is 1.78. The van der Waals surface area contributed by atoms with Crippen LogP contribution in [-0.2, 0) is 0 Å². The third kappa shape index (κ3) is 2.37. The first-order valence-electron chi connectivity index (χ1n) is 6.39. The zero-order valence-electron chi connectivity index (χ0n) is 10.7. The van der Waals surface area contributed by atoms with Gasteiger partial charge in [0.2, 0.25) is 0 Å². The summed E-state index contributed by atoms with van der Waals surface area (Å²) in [6.45, 7) is 1.78. The van der Waals surface area contributed by atoms with Crippen LogP contribution in [0.3, 0.4) is 0 Å². The molecule has 2 aromatic rings. The summed E-state index contributed by atoms with van der Waals surface area (Å²) in [5.41, 5.74) is 0.662. The Morgan fingerprint density at radius 2 is 2.26 bits per heavy atom. The van der Waals surface area contributed by atoms with Gasteiger partial charge in [0.05, 0.1) is 17.9 Å². The molecule has 0 aliphatic heterocycles. The monoisotopic (exact) mass is 277 g/mol. The van der Waals surface area contributed by atoms with Gasteiger partial charge in [-0.05, 0) is 31.3 Å². The third-order valence-corrected chi connectivity index (χ3v) is 4.27. The number of aromatic nitrogens is 4. The summed E-state index contributed by atoms with van der Waals surface area (Å²) in [5, 5.41) is 11.1. The Bertz CT molecular complexity index is 584. The van der Waals surface area contributed by atoms with Crippen molar-refractivity contribution in [3.63, 3.8) is 0 Å². The molecule has 2 heterocycles. The van der Waals surface area contributed by atoms with E-state index in [2.05, 4.69) is 20.0 Å². The van der Waals surface area contributed by atoms with Crippen LogP contribution in [0.5, 0.6) is 0 Å². The van der Waals surface area contributed by atoms with Crippen molar-refractivity contribution in [2.24, 2.45) is 0 Å². The number of nitrogens with one attached hydrogen (secondary N) is 1. The maximum Gasteiger partial charge on any atom is 0.270 e. The van der Waals surface area contributed by atoms with Crippen LogP contribution < -0.4 is 5.32 Å². The average molecular weight is 277 g/mol. The van der Waals surface area contributed by atoms with Crippen molar-refractivity contribution in [3.05, 3.63) is 22.8 Å². The van der Waals surface area contributed by atoms with Crippen molar-refractivity contribution < 1.29 is 4.79 Å². The van der Waals surface area contributed by atoms with Crippen molar-refractivity contribution in [1.82, 2.24) is 19.4 Å². The Kier molecular flexibility index (Phi) is 3.29. The predicted octanol–water partition coefficient (Wildman–Crippen LogP) is 2.41. The molecule has 0 atom stereocenters. The standard InChI is InChI=1S/C12H15N5OS/c1-8-11(19-16-15-8)12(18)14-10-6-7-13-17(10)9-4-2-3-5-9/h6-7,9H,2-5H2,1H3,(H,14,18). The molecule has 0 radical (unpaired) electrons. The van der Waals surface area contributed by atoms with Gasteiger partial charge in [-0.2, -0.15) is 5.10 Å². The molecule has 1 fully saturated rings. The molecule has 2 aromatic heterocycles. The van der Waals surface area contributed by atoms with Crippen molar-refractivity contribution >= 4 is 23.3 Å². The second-order valence-corrected chi connectivity index (χ2v) is 5.50. The molecule has 0 saturated heterocycles. The van der Waals surface area contributed by atoms with Gasteiger partial charge in [0.15, 0.2) is 0 Å². The molecule has 1 aliphatic rings. The van der Waals surface area contributed by atoms with Crippen LogP contribution in [0.15, 0.2) is 12.3 Å². The van der Waals surface area contributed by atoms with Gasteiger partial charge in [-0.15, -0.1) is 5.10 Å². The van der Waals surface area contributed by atoms with Crippen LogP contribution in [0.25, 0.3) is 0 Å². The Morgan fingerprint density at radius 1 is 1.47 bits per heavy atom. The molecule has 1 aliphatic carbocycles. The van der Waals surface area contributed by atoms with E-state index in [9.17, 15) is 4.79 Å². The lowest BCUT2D eigenvalue weighted by molar-refractivity contribution is 0.102. The molecular formula is C12H15N5OS. The Hall–Kier alpha value is -1.76. The molecular weight excluding hydrogens is 262 g/mol. The second-order valence-electron chi connectivity index (χ2n) is 4.74. The fourth-order valence-electron chi connectivity index (χ4n) is 2.47. The molecule has 1 amide bonds. The van der Waals surface area contributed by atoms with Crippen LogP contribution in [0.4, 0.5) is 5.82 Å². The number of carbonyl (C=O) groups excluding carboxylic acids is 1. The van der Waals surface area contributed by atoms with Crippen molar-refractivity contribution in [3.8, 4) is 0 Å². The topological polar surface area (TPSA) is 72.7 Å². The van der Waals surface area contributed by atoms with E-state index in [1.165, 1.54) is 12.8 Å². The van der Waals surface area contributed by atoms with Gasteiger partial charge >= 0.3 is 0 Å². The van der Waals surface area contributed by atoms with E-state index in [4.69, 9.17) is 0 Å². The number of rotatable bonds is 3. The molecule has 6 nitrogen and oxygen atoms in total. The molecule has 19 heavy (non-hydrogen) atoms. The summed E-state index contributed by atoms with van der Waals surface area (Å²) in [7, 11) is 0. The molecule has 0 bridgehead atoms. The highest BCUT2D eigenvalue weighted by Crippen LogP contribution is 2.31. The molecule has 0 unspecified atom stereocenters. The first-order chi connectivity index (χ1) is 9.25. The van der Waals surface area contributed by atoms with Gasteiger partial charge in [0, 0.05) is 6.07 Å². The Morgan fingerprint density at radius 3 is 2.95 bits per heavy atom. The maximum atomic E-state index is 12.1. The normalized spacial score (nSPS) is 15.8. The molecule has 100 valence electrons. The minimum Gasteiger partial charge on any atom is -0.306 e. The lowest BCUT2D eigenvalue weighted by Crippen LogP contribution is -2.17. The largest absolute Gasteiger partial charge is 0.306 e. The highest BCUT2D eigenvalue weighted by Gasteiger charge is 2.21. The van der Waals surface area contributed by atoms with Crippen molar-refractivity contribution in [2.75, 3.05) is 5.32 Å². The molecule has 0 spiro atoms. The minimum atomic E-state index is -0.160. The fraction of sp³-hybridized carbons (Fsp3) is 0.500. The molecule has 0 aromatic carbocycles. The number of hydrogen-bond donors (Lipinski definition) is 1. The second kappa shape index (κ2) is 5.08. The number of amides is 1. The third-order valence-electron chi connectivity index (χ3n) is 3.44. The van der Waals surface area contributed by atoms with Crippen LogP contribution in [0.1, 0.15) is 47.1 Å². The highest BCUT2D eigenvalue weighted by molar-refractivity contribution is 7.08. The smallest absolute Gasteiger partial charge is 0.270 e. The Labute approximate surface area is 115 Å². The predicted molar refractivity (Wildman–Crippen MR) is 72.3 cm³/mol. The number of hydrogen-bond acceptors (Lipinski definition) is 5. The first kappa shape index (κ1) is 12.3. The van der Waals surface area contributed by atoms with Crippen molar-refractivity contribution in [1.29, 1.82) is 0 Å². The zero-order chi connectivity index (χ0) is 13.2. The molecule has 7 heteroatoms. The summed E-state index contributed by atoms with van der Waals surface area (Å²) >= 11 is 1.11. The average Bonchev–Trinajstić information content (AvgIpc) is 3.07. The van der Waals surface area contributed by atoms with Crippen LogP contribution >= 0.6 is 11.5 Å². The summed E-state index contributed by atoms with van der Waals surface area (Å²) in [4.78, 5) is 12.7. The number of aryl methyl sites for hydroxylation is 1. The van der Waals surface area contributed by atoms with Crippen LogP contribution in [-0.4, -0.2) is 25.3 Å². The van der Waals surface area contributed by atoms with E-state index >= 15 is 0 Å². The quantitative estimate of drug-likeness (QED) is 0.935. The summed E-state index contributed by atoms with van der Waals surface area (Å²) in [6.07, 6.45) is 6.45. The highest BCUT2D eigenvalue weighted by atomic mass is 32.1. The van der Waals surface area contributed by atoms with E-state index in [1.54, 1.807) is 13.1 Å². The number of anilines is 1. The number of carbonyl (C=O) groups is 1. The summed E-state index contributed by atoms with van der Waals surface area (Å²) < 4.78 is 5.71. The van der Waals surface area contributed by atoms with Crippen LogP contribution in [0, 0.1) is 6.92 Å². The molecule has 3 rings (SSSR count). The first-order valence-corrected chi connectivity index (χ1v) is 7.17. The minimum absolute atomic E-state index is 0.160. The van der Waals surface area contributed by atoms with Gasteiger partial charge in [0.1, 0.15) is 10.7 Å². The maximum absolute atomic E-state index is 12.1. The molecule has 1 N–H and O–H groups in total. The van der Waals surface area contributed by atoms with Gasteiger partial charge in [-0.25, -0.2) is 4.68 Å². The van der Waals surface area contributed by atoms with E-state index in [0.717, 1.165) is 30.2 Å². The SMILES string of the molecule is Cc1nnsc1C(=O)Nc1ccnn1C1CCCC1. The van der Waals surface area contributed by atoms with Crippen molar-refractivity contribution in [2.45, 2.75) is 38.6 Å². The lowest BCUT2D eigenvalue weighted by atomic mass is 10.2. The van der Waals surface area contributed by atoms with E-state index < -0.39 is 0 Å². The number of nitrogens with zero attached hydrogens (tertiary/aromatic N) is 4. The van der Waals surface area contributed by atoms with Gasteiger partial charge < -0.3 is 5.32 Å². The van der Waals surface area contributed by atoms with Gasteiger partial charge in [-0.1, -0.05) is 17.3 Å². The molecule has 1 saturated carbocycles. The zero-order valence-corrected chi connectivity index (χ0v) is 11.5. The summed E-state index contributed by atoms with van der Waals surface area (Å²) in [5.74, 6) is 0.594. The van der Waals surface area contributed by atoms with Gasteiger partial charge in [0.25, 0.3) is 5.91 Å². The van der Waals surface area contributed by atoms with E-state index in [-0.39, 0.29) is 5.91 Å². The van der Waals surface area contributed by atoms with Crippen LogP contribution in [0.2, 0.25) is 0 Å². The fourth-order valence-corrected chi connectivity index (χ4v) is 3.02. The van der Waals surface area contributed by atoms with E-state index in [1.807, 2.05) is 10.7 Å².